The van der Waals surface area contributed by atoms with Gasteiger partial charge in [0.05, 0.1) is 6.42 Å². The van der Waals surface area contributed by atoms with Crippen molar-refractivity contribution < 1.29 is 14.7 Å². The number of benzene rings is 1. The number of aliphatic carboxylic acids is 1. The minimum absolute atomic E-state index is 0.112. The summed E-state index contributed by atoms with van der Waals surface area (Å²) >= 11 is 0. The molecule has 1 aromatic carbocycles. The van der Waals surface area contributed by atoms with Crippen LogP contribution in [0.4, 0.5) is 0 Å². The monoisotopic (exact) mass is 290 g/mol. The number of carboxylic acids is 1. The molecule has 0 aromatic heterocycles. The van der Waals surface area contributed by atoms with Gasteiger partial charge < -0.3 is 10.0 Å². The van der Waals surface area contributed by atoms with Crippen molar-refractivity contribution >= 4 is 11.9 Å². The summed E-state index contributed by atoms with van der Waals surface area (Å²) in [4.78, 5) is 26.9. The Labute approximate surface area is 125 Å². The first-order valence-electron chi connectivity index (χ1n) is 7.27. The first kappa shape index (κ1) is 15.5. The second-order valence-corrected chi connectivity index (χ2v) is 5.59. The molecule has 2 rings (SSSR count). The number of carbonyl (C=O) groups excluding carboxylic acids is 1. The average molecular weight is 290 g/mol. The predicted octanol–water partition coefficient (Wildman–Crippen LogP) is 1.15. The molecule has 0 bridgehead atoms. The molecule has 1 saturated heterocycles. The van der Waals surface area contributed by atoms with Crippen LogP contribution >= 0.6 is 0 Å². The fourth-order valence-electron chi connectivity index (χ4n) is 2.51. The zero-order valence-corrected chi connectivity index (χ0v) is 12.6. The molecule has 5 nitrogen and oxygen atoms in total. The van der Waals surface area contributed by atoms with E-state index < -0.39 is 12.0 Å². The highest BCUT2D eigenvalue weighted by Crippen LogP contribution is 2.10. The third kappa shape index (κ3) is 4.04. The molecule has 1 heterocycles. The van der Waals surface area contributed by atoms with Gasteiger partial charge in [0.15, 0.2) is 0 Å². The van der Waals surface area contributed by atoms with Crippen LogP contribution in [-0.2, 0) is 16.0 Å². The summed E-state index contributed by atoms with van der Waals surface area (Å²) in [5, 5.41) is 9.00. The number of piperazine rings is 1. The SMILES string of the molecule is Cc1ccc(CC(=O)N2CCN([C@H](C)C(=O)O)CC2)cc1. The van der Waals surface area contributed by atoms with Gasteiger partial charge in [-0.05, 0) is 19.4 Å². The molecular formula is C16H22N2O3. The Morgan fingerprint density at radius 3 is 2.24 bits per heavy atom. The summed E-state index contributed by atoms with van der Waals surface area (Å²) in [6, 6.07) is 7.50. The van der Waals surface area contributed by atoms with E-state index in [1.807, 2.05) is 41.0 Å². The Kier molecular flexibility index (Phi) is 4.96. The van der Waals surface area contributed by atoms with Crippen molar-refractivity contribution in [2.75, 3.05) is 26.2 Å². The highest BCUT2D eigenvalue weighted by Gasteiger charge is 2.26. The summed E-state index contributed by atoms with van der Waals surface area (Å²) in [5.41, 5.74) is 2.20. The van der Waals surface area contributed by atoms with Gasteiger partial charge in [-0.1, -0.05) is 29.8 Å². The number of amides is 1. The van der Waals surface area contributed by atoms with Crippen molar-refractivity contribution in [1.29, 1.82) is 0 Å². The van der Waals surface area contributed by atoms with Crippen LogP contribution in [0.5, 0.6) is 0 Å². The van der Waals surface area contributed by atoms with Crippen molar-refractivity contribution in [3.63, 3.8) is 0 Å². The molecule has 1 fully saturated rings. The number of nitrogens with zero attached hydrogens (tertiary/aromatic N) is 2. The third-order valence-corrected chi connectivity index (χ3v) is 4.05. The van der Waals surface area contributed by atoms with Gasteiger partial charge in [0.25, 0.3) is 0 Å². The lowest BCUT2D eigenvalue weighted by atomic mass is 10.1. The minimum Gasteiger partial charge on any atom is -0.480 e. The van der Waals surface area contributed by atoms with Crippen LogP contribution in [0.1, 0.15) is 18.1 Å². The maximum absolute atomic E-state index is 12.3. The highest BCUT2D eigenvalue weighted by atomic mass is 16.4. The second kappa shape index (κ2) is 6.72. The lowest BCUT2D eigenvalue weighted by Gasteiger charge is -2.36. The molecule has 0 spiro atoms. The summed E-state index contributed by atoms with van der Waals surface area (Å²) in [5.74, 6) is -0.698. The maximum atomic E-state index is 12.3. The topological polar surface area (TPSA) is 60.9 Å². The zero-order chi connectivity index (χ0) is 15.4. The standard InChI is InChI=1S/C16H22N2O3/c1-12-3-5-14(6-4-12)11-15(19)18-9-7-17(8-10-18)13(2)16(20)21/h3-6,13H,7-11H2,1-2H3,(H,20,21)/t13-/m1/s1. The van der Waals surface area contributed by atoms with Crippen LogP contribution in [0.2, 0.25) is 0 Å². The van der Waals surface area contributed by atoms with E-state index in [-0.39, 0.29) is 5.91 Å². The molecule has 1 N–H and O–H groups in total. The Balaban J connectivity index is 1.85. The van der Waals surface area contributed by atoms with Gasteiger partial charge in [-0.3, -0.25) is 14.5 Å². The Bertz CT molecular complexity index is 505. The summed E-state index contributed by atoms with van der Waals surface area (Å²) in [6.07, 6.45) is 0.411. The summed E-state index contributed by atoms with van der Waals surface area (Å²) < 4.78 is 0. The Hall–Kier alpha value is -1.88. The van der Waals surface area contributed by atoms with Gasteiger partial charge in [0.1, 0.15) is 6.04 Å². The minimum atomic E-state index is -0.811. The third-order valence-electron chi connectivity index (χ3n) is 4.05. The molecule has 1 aromatic rings. The van der Waals surface area contributed by atoms with E-state index in [2.05, 4.69) is 0 Å². The van der Waals surface area contributed by atoms with Crippen LogP contribution in [0.15, 0.2) is 24.3 Å². The number of aryl methyl sites for hydroxylation is 1. The van der Waals surface area contributed by atoms with Gasteiger partial charge in [-0.25, -0.2) is 0 Å². The van der Waals surface area contributed by atoms with Crippen molar-refractivity contribution in [3.05, 3.63) is 35.4 Å². The van der Waals surface area contributed by atoms with Crippen molar-refractivity contribution in [2.24, 2.45) is 0 Å². The van der Waals surface area contributed by atoms with Crippen LogP contribution in [0.3, 0.4) is 0 Å². The van der Waals surface area contributed by atoms with Crippen LogP contribution < -0.4 is 0 Å². The van der Waals surface area contributed by atoms with E-state index in [0.717, 1.165) is 5.56 Å². The predicted molar refractivity (Wildman–Crippen MR) is 80.1 cm³/mol. The van der Waals surface area contributed by atoms with E-state index in [0.29, 0.717) is 32.6 Å². The van der Waals surface area contributed by atoms with Crippen LogP contribution in [-0.4, -0.2) is 59.0 Å². The number of rotatable bonds is 4. The highest BCUT2D eigenvalue weighted by molar-refractivity contribution is 5.79. The number of hydrogen-bond acceptors (Lipinski definition) is 3. The van der Waals surface area contributed by atoms with Crippen molar-refractivity contribution in [2.45, 2.75) is 26.3 Å². The molecule has 1 aliphatic rings. The molecule has 0 saturated carbocycles. The number of carbonyl (C=O) groups is 2. The summed E-state index contributed by atoms with van der Waals surface area (Å²) in [6.45, 7) is 6.14. The lowest BCUT2D eigenvalue weighted by molar-refractivity contribution is -0.144. The Morgan fingerprint density at radius 2 is 1.71 bits per heavy atom. The van der Waals surface area contributed by atoms with E-state index in [1.54, 1.807) is 6.92 Å². The first-order valence-corrected chi connectivity index (χ1v) is 7.27. The molecule has 0 aliphatic carbocycles. The normalized spacial score (nSPS) is 17.5. The first-order chi connectivity index (χ1) is 9.97. The average Bonchev–Trinajstić information content (AvgIpc) is 2.49. The molecule has 0 radical (unpaired) electrons. The van der Waals surface area contributed by atoms with Gasteiger partial charge >= 0.3 is 5.97 Å². The fourth-order valence-corrected chi connectivity index (χ4v) is 2.51. The summed E-state index contributed by atoms with van der Waals surface area (Å²) in [7, 11) is 0. The molecule has 1 aliphatic heterocycles. The zero-order valence-electron chi connectivity index (χ0n) is 12.6. The van der Waals surface area contributed by atoms with Crippen LogP contribution in [0, 0.1) is 6.92 Å². The quantitative estimate of drug-likeness (QED) is 0.904. The van der Waals surface area contributed by atoms with Crippen molar-refractivity contribution in [3.8, 4) is 0 Å². The van der Waals surface area contributed by atoms with E-state index in [1.165, 1.54) is 5.56 Å². The smallest absolute Gasteiger partial charge is 0.320 e. The molecular weight excluding hydrogens is 268 g/mol. The van der Waals surface area contributed by atoms with Gasteiger partial charge in [0, 0.05) is 26.2 Å². The maximum Gasteiger partial charge on any atom is 0.320 e. The molecule has 21 heavy (non-hydrogen) atoms. The van der Waals surface area contributed by atoms with Gasteiger partial charge in [-0.15, -0.1) is 0 Å². The van der Waals surface area contributed by atoms with Gasteiger partial charge in [0.2, 0.25) is 5.91 Å². The van der Waals surface area contributed by atoms with E-state index in [9.17, 15) is 9.59 Å². The van der Waals surface area contributed by atoms with Gasteiger partial charge in [-0.2, -0.15) is 0 Å². The molecule has 0 unspecified atom stereocenters. The van der Waals surface area contributed by atoms with E-state index in [4.69, 9.17) is 5.11 Å². The Morgan fingerprint density at radius 1 is 1.14 bits per heavy atom. The lowest BCUT2D eigenvalue weighted by Crippen LogP contribution is -2.53. The molecule has 5 heteroatoms. The fraction of sp³-hybridized carbons (Fsp3) is 0.500. The van der Waals surface area contributed by atoms with E-state index >= 15 is 0 Å². The largest absolute Gasteiger partial charge is 0.480 e. The van der Waals surface area contributed by atoms with Crippen LogP contribution in [0.25, 0.3) is 0 Å². The second-order valence-electron chi connectivity index (χ2n) is 5.59. The number of hydrogen-bond donors (Lipinski definition) is 1. The molecule has 114 valence electrons. The molecule has 1 atom stereocenters. The van der Waals surface area contributed by atoms with Crippen molar-refractivity contribution in [1.82, 2.24) is 9.80 Å². The number of carboxylic acid groups (broad SMARTS) is 1. The molecule has 1 amide bonds.